The van der Waals surface area contributed by atoms with Gasteiger partial charge in [0, 0.05) is 5.56 Å². The Labute approximate surface area is 177 Å². The Bertz CT molecular complexity index is 1100. The summed E-state index contributed by atoms with van der Waals surface area (Å²) in [7, 11) is 0. The molecule has 3 rings (SSSR count). The van der Waals surface area contributed by atoms with E-state index in [1.807, 2.05) is 0 Å². The number of primary amides is 1. The molecule has 3 aromatic rings. The van der Waals surface area contributed by atoms with Gasteiger partial charge in [0.25, 0.3) is 0 Å². The van der Waals surface area contributed by atoms with Gasteiger partial charge in [0.05, 0.1) is 23.0 Å². The first-order valence-electron chi connectivity index (χ1n) is 9.45. The van der Waals surface area contributed by atoms with Crippen molar-refractivity contribution in [1.82, 2.24) is 9.78 Å². The van der Waals surface area contributed by atoms with E-state index in [0.717, 1.165) is 12.1 Å². The van der Waals surface area contributed by atoms with E-state index in [4.69, 9.17) is 15.6 Å². The van der Waals surface area contributed by atoms with Gasteiger partial charge < -0.3 is 15.6 Å². The lowest BCUT2D eigenvalue weighted by molar-refractivity contribution is -0.141. The fraction of sp³-hybridized carbons (Fsp3) is 0.227. The van der Waals surface area contributed by atoms with Crippen LogP contribution in [0.3, 0.4) is 0 Å². The Morgan fingerprint density at radius 3 is 2.32 bits per heavy atom. The number of carbonyl (C=O) groups excluding carboxylic acids is 1. The van der Waals surface area contributed by atoms with Gasteiger partial charge in [-0.1, -0.05) is 6.92 Å². The number of halogens is 2. The van der Waals surface area contributed by atoms with Crippen molar-refractivity contribution < 1.29 is 28.2 Å². The minimum Gasteiger partial charge on any atom is -0.481 e. The summed E-state index contributed by atoms with van der Waals surface area (Å²) in [6.07, 6.45) is -0.00326. The topological polar surface area (TPSA) is 107 Å². The van der Waals surface area contributed by atoms with Gasteiger partial charge >= 0.3 is 5.97 Å². The highest BCUT2D eigenvalue weighted by Gasteiger charge is 2.18. The van der Waals surface area contributed by atoms with Crippen molar-refractivity contribution in [1.29, 1.82) is 0 Å². The zero-order valence-corrected chi connectivity index (χ0v) is 16.9. The summed E-state index contributed by atoms with van der Waals surface area (Å²) in [5, 5.41) is 13.3. The third kappa shape index (κ3) is 5.06. The van der Waals surface area contributed by atoms with Crippen LogP contribution in [0.5, 0.6) is 5.75 Å². The Hall–Kier alpha value is -3.75. The average Bonchev–Trinajstić information content (AvgIpc) is 3.07. The first kappa shape index (κ1) is 21.9. The minimum absolute atomic E-state index is 0.00326. The summed E-state index contributed by atoms with van der Waals surface area (Å²) in [5.74, 6) is -4.76. The number of amides is 1. The first-order valence-corrected chi connectivity index (χ1v) is 9.45. The maximum Gasteiger partial charge on any atom is 0.306 e. The second-order valence-electron chi connectivity index (χ2n) is 7.22. The van der Waals surface area contributed by atoms with Gasteiger partial charge in [-0.15, -0.1) is 0 Å². The summed E-state index contributed by atoms with van der Waals surface area (Å²) < 4.78 is 35.8. The van der Waals surface area contributed by atoms with Crippen LogP contribution in [-0.2, 0) is 17.8 Å². The molecule has 1 amide bonds. The molecule has 31 heavy (non-hydrogen) atoms. The molecule has 1 aromatic heterocycles. The maximum absolute atomic E-state index is 14.4. The summed E-state index contributed by atoms with van der Waals surface area (Å²) in [6, 6.07) is 10.3. The van der Waals surface area contributed by atoms with Crippen LogP contribution >= 0.6 is 0 Å². The molecule has 0 aliphatic carbocycles. The lowest BCUT2D eigenvalue weighted by Gasteiger charge is -2.13. The number of rotatable bonds is 8. The Morgan fingerprint density at radius 1 is 1.16 bits per heavy atom. The number of hydrogen-bond donors (Lipinski definition) is 2. The van der Waals surface area contributed by atoms with E-state index in [1.54, 1.807) is 41.9 Å². The van der Waals surface area contributed by atoms with Crippen LogP contribution in [0.15, 0.2) is 42.5 Å². The molecule has 3 N–H and O–H groups in total. The zero-order chi connectivity index (χ0) is 22.7. The van der Waals surface area contributed by atoms with Crippen molar-refractivity contribution in [2.45, 2.75) is 26.9 Å². The van der Waals surface area contributed by atoms with Gasteiger partial charge in [-0.25, -0.2) is 13.5 Å². The smallest absolute Gasteiger partial charge is 0.306 e. The molecule has 1 unspecified atom stereocenters. The second-order valence-corrected chi connectivity index (χ2v) is 7.22. The number of hydrogen-bond acceptors (Lipinski definition) is 4. The normalized spacial score (nSPS) is 11.9. The van der Waals surface area contributed by atoms with Crippen molar-refractivity contribution in [2.75, 3.05) is 0 Å². The number of aliphatic carboxylic acids is 1. The molecule has 7 nitrogen and oxygen atoms in total. The van der Waals surface area contributed by atoms with E-state index in [9.17, 15) is 18.4 Å². The number of carboxylic acid groups (broad SMARTS) is 1. The van der Waals surface area contributed by atoms with E-state index in [0.29, 0.717) is 22.6 Å². The second kappa shape index (κ2) is 8.95. The van der Waals surface area contributed by atoms with Gasteiger partial charge in [-0.2, -0.15) is 5.10 Å². The lowest BCUT2D eigenvalue weighted by Crippen LogP contribution is -2.13. The SMILES string of the molecule is Cc1cc(COc2c(F)cc(CC(C)C(=O)O)cc2F)n(-c2ccc(C(N)=O)cc2)n1. The number of nitrogens with two attached hydrogens (primary N) is 1. The van der Waals surface area contributed by atoms with Crippen LogP contribution < -0.4 is 10.5 Å². The number of carbonyl (C=O) groups is 2. The molecule has 0 radical (unpaired) electrons. The maximum atomic E-state index is 14.4. The molecule has 0 saturated heterocycles. The quantitative estimate of drug-likeness (QED) is 0.571. The number of carboxylic acids is 1. The zero-order valence-electron chi connectivity index (χ0n) is 16.9. The Kier molecular flexibility index (Phi) is 6.33. The molecule has 1 atom stereocenters. The fourth-order valence-corrected chi connectivity index (χ4v) is 3.10. The summed E-state index contributed by atoms with van der Waals surface area (Å²) in [4.78, 5) is 22.2. The van der Waals surface area contributed by atoms with E-state index < -0.39 is 35.2 Å². The molecule has 0 saturated carbocycles. The summed E-state index contributed by atoms with van der Waals surface area (Å²) >= 11 is 0. The van der Waals surface area contributed by atoms with E-state index >= 15 is 0 Å². The molecular weight excluding hydrogens is 408 g/mol. The van der Waals surface area contributed by atoms with Gasteiger partial charge in [0.2, 0.25) is 5.91 Å². The van der Waals surface area contributed by atoms with Gasteiger partial charge in [0.15, 0.2) is 17.4 Å². The van der Waals surface area contributed by atoms with Crippen LogP contribution in [0.4, 0.5) is 8.78 Å². The van der Waals surface area contributed by atoms with Crippen LogP contribution in [0.25, 0.3) is 5.69 Å². The molecule has 1 heterocycles. The Morgan fingerprint density at radius 2 is 1.77 bits per heavy atom. The van der Waals surface area contributed by atoms with E-state index in [-0.39, 0.29) is 18.6 Å². The molecular formula is C22H21F2N3O4. The van der Waals surface area contributed by atoms with Crippen molar-refractivity contribution in [2.24, 2.45) is 11.7 Å². The number of ether oxygens (including phenoxy) is 1. The van der Waals surface area contributed by atoms with Crippen LogP contribution in [-0.4, -0.2) is 26.8 Å². The van der Waals surface area contributed by atoms with Crippen molar-refractivity contribution in [3.05, 3.63) is 76.6 Å². The lowest BCUT2D eigenvalue weighted by atomic mass is 10.0. The molecule has 0 aliphatic heterocycles. The first-order chi connectivity index (χ1) is 14.7. The number of nitrogens with zero attached hydrogens (tertiary/aromatic N) is 2. The molecule has 0 fully saturated rings. The van der Waals surface area contributed by atoms with Crippen LogP contribution in [0.2, 0.25) is 0 Å². The summed E-state index contributed by atoms with van der Waals surface area (Å²) in [6.45, 7) is 3.05. The number of aryl methyl sites for hydroxylation is 1. The number of aromatic nitrogens is 2. The van der Waals surface area contributed by atoms with E-state index in [1.165, 1.54) is 6.92 Å². The standard InChI is InChI=1S/C22H21F2N3O4/c1-12(22(29)30)7-14-9-18(23)20(19(24)10-14)31-11-17-8-13(2)26-27(17)16-5-3-15(4-6-16)21(25)28/h3-6,8-10,12H,7,11H2,1-2H3,(H2,25,28)(H,29,30). The van der Waals surface area contributed by atoms with Crippen molar-refractivity contribution in [3.63, 3.8) is 0 Å². The predicted molar refractivity (Wildman–Crippen MR) is 108 cm³/mol. The van der Waals surface area contributed by atoms with Gasteiger partial charge in [-0.3, -0.25) is 9.59 Å². The van der Waals surface area contributed by atoms with Crippen LogP contribution in [0.1, 0.15) is 34.2 Å². The highest BCUT2D eigenvalue weighted by Crippen LogP contribution is 2.26. The number of benzene rings is 2. The third-order valence-corrected chi connectivity index (χ3v) is 4.69. The molecule has 162 valence electrons. The van der Waals surface area contributed by atoms with Gasteiger partial charge in [0.1, 0.15) is 6.61 Å². The molecule has 0 aliphatic rings. The average molecular weight is 429 g/mol. The monoisotopic (exact) mass is 429 g/mol. The molecule has 9 heteroatoms. The van der Waals surface area contributed by atoms with Crippen LogP contribution in [0, 0.1) is 24.5 Å². The highest BCUT2D eigenvalue weighted by atomic mass is 19.1. The minimum atomic E-state index is -1.05. The molecule has 2 aromatic carbocycles. The highest BCUT2D eigenvalue weighted by molar-refractivity contribution is 5.92. The fourth-order valence-electron chi connectivity index (χ4n) is 3.10. The molecule has 0 bridgehead atoms. The van der Waals surface area contributed by atoms with Gasteiger partial charge in [-0.05, 0) is 61.4 Å². The largest absolute Gasteiger partial charge is 0.481 e. The predicted octanol–water partition coefficient (Wildman–Crippen LogP) is 3.40. The van der Waals surface area contributed by atoms with Crippen molar-refractivity contribution >= 4 is 11.9 Å². The Balaban J connectivity index is 1.80. The van der Waals surface area contributed by atoms with Crippen molar-refractivity contribution in [3.8, 4) is 11.4 Å². The summed E-state index contributed by atoms with van der Waals surface area (Å²) in [5.41, 5.74) is 7.63. The van der Waals surface area contributed by atoms with E-state index in [2.05, 4.69) is 5.10 Å². The third-order valence-electron chi connectivity index (χ3n) is 4.69. The molecule has 0 spiro atoms.